The standard InChI is InChI=1S/C9H19NO/c1-8(2)5-6-10-7-9(3)11-4/h5,9-10H,6-7H2,1-4H3. The van der Waals surface area contributed by atoms with E-state index in [-0.39, 0.29) is 0 Å². The molecule has 0 spiro atoms. The van der Waals surface area contributed by atoms with Gasteiger partial charge in [-0.3, -0.25) is 0 Å². The third kappa shape index (κ3) is 7.56. The van der Waals surface area contributed by atoms with Crippen LogP contribution in [0.4, 0.5) is 0 Å². The van der Waals surface area contributed by atoms with Gasteiger partial charge in [0, 0.05) is 20.2 Å². The molecule has 0 heterocycles. The van der Waals surface area contributed by atoms with Gasteiger partial charge in [0.05, 0.1) is 6.10 Å². The summed E-state index contributed by atoms with van der Waals surface area (Å²) in [5.41, 5.74) is 1.35. The van der Waals surface area contributed by atoms with Crippen LogP contribution in [0, 0.1) is 0 Å². The highest BCUT2D eigenvalue weighted by Crippen LogP contribution is 1.87. The van der Waals surface area contributed by atoms with Crippen LogP contribution >= 0.6 is 0 Å². The van der Waals surface area contributed by atoms with Crippen LogP contribution in [0.15, 0.2) is 11.6 Å². The number of nitrogens with one attached hydrogen (secondary N) is 1. The van der Waals surface area contributed by atoms with Gasteiger partial charge >= 0.3 is 0 Å². The number of ether oxygens (including phenoxy) is 1. The first-order chi connectivity index (χ1) is 5.16. The Hall–Kier alpha value is -0.340. The molecule has 0 fully saturated rings. The Balaban J connectivity index is 3.21. The van der Waals surface area contributed by atoms with Crippen molar-refractivity contribution < 1.29 is 4.74 Å². The fraction of sp³-hybridized carbons (Fsp3) is 0.778. The summed E-state index contributed by atoms with van der Waals surface area (Å²) < 4.78 is 5.07. The molecular weight excluding hydrogens is 138 g/mol. The first kappa shape index (κ1) is 10.7. The highest BCUT2D eigenvalue weighted by molar-refractivity contribution is 4.94. The molecule has 0 rings (SSSR count). The van der Waals surface area contributed by atoms with E-state index in [1.807, 2.05) is 0 Å². The summed E-state index contributed by atoms with van der Waals surface area (Å²) in [5.74, 6) is 0. The number of methoxy groups -OCH3 is 1. The Bertz CT molecular complexity index is 117. The average Bonchev–Trinajstić information content (AvgIpc) is 1.97. The van der Waals surface area contributed by atoms with Crippen LogP contribution in [0.3, 0.4) is 0 Å². The van der Waals surface area contributed by atoms with E-state index in [0.717, 1.165) is 13.1 Å². The molecule has 66 valence electrons. The van der Waals surface area contributed by atoms with Gasteiger partial charge in [0.25, 0.3) is 0 Å². The molecule has 0 aromatic heterocycles. The molecule has 1 unspecified atom stereocenters. The summed E-state index contributed by atoms with van der Waals surface area (Å²) in [6.45, 7) is 8.11. The summed E-state index contributed by atoms with van der Waals surface area (Å²) in [6.07, 6.45) is 2.48. The quantitative estimate of drug-likeness (QED) is 0.483. The fourth-order valence-corrected chi connectivity index (χ4v) is 0.646. The molecule has 2 nitrogen and oxygen atoms in total. The Morgan fingerprint density at radius 1 is 1.55 bits per heavy atom. The first-order valence-corrected chi connectivity index (χ1v) is 4.03. The van der Waals surface area contributed by atoms with Crippen molar-refractivity contribution in [2.75, 3.05) is 20.2 Å². The second-order valence-corrected chi connectivity index (χ2v) is 2.99. The van der Waals surface area contributed by atoms with Crippen LogP contribution in [-0.4, -0.2) is 26.3 Å². The Labute approximate surface area is 69.6 Å². The van der Waals surface area contributed by atoms with Crippen molar-refractivity contribution in [2.24, 2.45) is 0 Å². The second-order valence-electron chi connectivity index (χ2n) is 2.99. The van der Waals surface area contributed by atoms with Gasteiger partial charge in [-0.2, -0.15) is 0 Å². The van der Waals surface area contributed by atoms with E-state index >= 15 is 0 Å². The molecule has 1 atom stereocenters. The highest BCUT2D eigenvalue weighted by atomic mass is 16.5. The van der Waals surface area contributed by atoms with Crippen LogP contribution in [0.5, 0.6) is 0 Å². The Morgan fingerprint density at radius 2 is 2.18 bits per heavy atom. The topological polar surface area (TPSA) is 21.3 Å². The van der Waals surface area contributed by atoms with Crippen LogP contribution in [0.25, 0.3) is 0 Å². The largest absolute Gasteiger partial charge is 0.380 e. The molecule has 0 aliphatic rings. The average molecular weight is 157 g/mol. The molecule has 0 aliphatic carbocycles. The van der Waals surface area contributed by atoms with Gasteiger partial charge in [0.1, 0.15) is 0 Å². The van der Waals surface area contributed by atoms with Crippen molar-refractivity contribution in [3.8, 4) is 0 Å². The number of hydrogen-bond acceptors (Lipinski definition) is 2. The minimum atomic E-state index is 0.306. The summed E-state index contributed by atoms with van der Waals surface area (Å²) in [7, 11) is 1.73. The van der Waals surface area contributed by atoms with Crippen molar-refractivity contribution in [1.29, 1.82) is 0 Å². The van der Waals surface area contributed by atoms with E-state index in [1.54, 1.807) is 7.11 Å². The normalized spacial score (nSPS) is 12.7. The fourth-order valence-electron chi connectivity index (χ4n) is 0.646. The van der Waals surface area contributed by atoms with E-state index < -0.39 is 0 Å². The van der Waals surface area contributed by atoms with E-state index in [9.17, 15) is 0 Å². The molecular formula is C9H19NO. The number of rotatable bonds is 5. The molecule has 0 aromatic rings. The lowest BCUT2D eigenvalue weighted by Gasteiger charge is -2.08. The first-order valence-electron chi connectivity index (χ1n) is 4.03. The summed E-state index contributed by atoms with van der Waals surface area (Å²) in [4.78, 5) is 0. The van der Waals surface area contributed by atoms with Crippen molar-refractivity contribution in [3.63, 3.8) is 0 Å². The lowest BCUT2D eigenvalue weighted by Crippen LogP contribution is -2.26. The Morgan fingerprint density at radius 3 is 2.64 bits per heavy atom. The second kappa shape index (κ2) is 6.38. The zero-order chi connectivity index (χ0) is 8.69. The van der Waals surface area contributed by atoms with E-state index in [1.165, 1.54) is 5.57 Å². The minimum Gasteiger partial charge on any atom is -0.380 e. The van der Waals surface area contributed by atoms with Crippen molar-refractivity contribution >= 4 is 0 Å². The molecule has 0 saturated heterocycles. The summed E-state index contributed by atoms with van der Waals surface area (Å²) in [6, 6.07) is 0. The smallest absolute Gasteiger partial charge is 0.0667 e. The predicted octanol–water partition coefficient (Wildman–Crippen LogP) is 1.58. The SMILES string of the molecule is COC(C)CNCC=C(C)C. The molecule has 1 N–H and O–H groups in total. The lowest BCUT2D eigenvalue weighted by molar-refractivity contribution is 0.118. The van der Waals surface area contributed by atoms with Crippen LogP contribution in [0.1, 0.15) is 20.8 Å². The number of allylic oxidation sites excluding steroid dienone is 1. The molecule has 0 radical (unpaired) electrons. The van der Waals surface area contributed by atoms with E-state index in [2.05, 4.69) is 32.2 Å². The van der Waals surface area contributed by atoms with Gasteiger partial charge in [-0.1, -0.05) is 11.6 Å². The van der Waals surface area contributed by atoms with Gasteiger partial charge in [-0.15, -0.1) is 0 Å². The summed E-state index contributed by atoms with van der Waals surface area (Å²) in [5, 5.41) is 3.27. The van der Waals surface area contributed by atoms with Gasteiger partial charge in [0.2, 0.25) is 0 Å². The van der Waals surface area contributed by atoms with Crippen molar-refractivity contribution in [1.82, 2.24) is 5.32 Å². The third-order valence-corrected chi connectivity index (χ3v) is 1.49. The van der Waals surface area contributed by atoms with E-state index in [0.29, 0.717) is 6.10 Å². The molecule has 0 aromatic carbocycles. The molecule has 0 amide bonds. The van der Waals surface area contributed by atoms with Crippen LogP contribution in [-0.2, 0) is 4.74 Å². The van der Waals surface area contributed by atoms with E-state index in [4.69, 9.17) is 4.74 Å². The highest BCUT2D eigenvalue weighted by Gasteiger charge is 1.94. The molecule has 11 heavy (non-hydrogen) atoms. The van der Waals surface area contributed by atoms with Crippen LogP contribution in [0.2, 0.25) is 0 Å². The number of hydrogen-bond donors (Lipinski definition) is 1. The third-order valence-electron chi connectivity index (χ3n) is 1.49. The van der Waals surface area contributed by atoms with Crippen molar-refractivity contribution in [2.45, 2.75) is 26.9 Å². The molecule has 0 aliphatic heterocycles. The van der Waals surface area contributed by atoms with Crippen LogP contribution < -0.4 is 5.32 Å². The monoisotopic (exact) mass is 157 g/mol. The van der Waals surface area contributed by atoms with Gasteiger partial charge in [-0.25, -0.2) is 0 Å². The predicted molar refractivity (Wildman–Crippen MR) is 48.8 cm³/mol. The maximum absolute atomic E-state index is 5.07. The molecule has 0 saturated carbocycles. The van der Waals surface area contributed by atoms with Gasteiger partial charge in [-0.05, 0) is 20.8 Å². The Kier molecular flexibility index (Phi) is 6.18. The lowest BCUT2D eigenvalue weighted by atomic mass is 10.3. The minimum absolute atomic E-state index is 0.306. The molecule has 2 heteroatoms. The molecule has 0 bridgehead atoms. The maximum Gasteiger partial charge on any atom is 0.0667 e. The zero-order valence-corrected chi connectivity index (χ0v) is 7.98. The van der Waals surface area contributed by atoms with Gasteiger partial charge in [0.15, 0.2) is 0 Å². The van der Waals surface area contributed by atoms with Crippen molar-refractivity contribution in [3.05, 3.63) is 11.6 Å². The van der Waals surface area contributed by atoms with Gasteiger partial charge < -0.3 is 10.1 Å². The maximum atomic E-state index is 5.07. The summed E-state index contributed by atoms with van der Waals surface area (Å²) >= 11 is 0. The zero-order valence-electron chi connectivity index (χ0n) is 7.98.